The summed E-state index contributed by atoms with van der Waals surface area (Å²) in [6.45, 7) is 4.17. The second kappa shape index (κ2) is 9.47. The number of ether oxygens (including phenoxy) is 2. The minimum absolute atomic E-state index is 0.176. The Morgan fingerprint density at radius 2 is 1.72 bits per heavy atom. The third kappa shape index (κ3) is 5.35. The third-order valence-electron chi connectivity index (χ3n) is 3.81. The topological polar surface area (TPSA) is 72.8 Å². The molecule has 132 valence electrons. The van der Waals surface area contributed by atoms with Crippen LogP contribution in [0.25, 0.3) is 10.8 Å². The van der Waals surface area contributed by atoms with Gasteiger partial charge >= 0.3 is 11.9 Å². The van der Waals surface area contributed by atoms with E-state index in [2.05, 4.69) is 6.58 Å². The Kier molecular flexibility index (Phi) is 7.01. The number of carboxylic acids is 1. The number of carbonyl (C=O) groups is 2. The highest BCUT2D eigenvalue weighted by Gasteiger charge is 2.14. The molecule has 0 spiro atoms. The van der Waals surface area contributed by atoms with Crippen LogP contribution in [0.4, 0.5) is 0 Å². The van der Waals surface area contributed by atoms with E-state index < -0.39 is 11.9 Å². The van der Waals surface area contributed by atoms with E-state index in [1.807, 2.05) is 24.3 Å². The minimum Gasteiger partial charge on any atom is -0.492 e. The summed E-state index contributed by atoms with van der Waals surface area (Å²) in [5.41, 5.74) is 0.176. The lowest BCUT2D eigenvalue weighted by atomic mass is 10.1. The Balaban J connectivity index is 1.84. The predicted molar refractivity (Wildman–Crippen MR) is 96.0 cm³/mol. The van der Waals surface area contributed by atoms with Gasteiger partial charge in [0.25, 0.3) is 0 Å². The van der Waals surface area contributed by atoms with Gasteiger partial charge in [0.05, 0.1) is 13.2 Å². The van der Waals surface area contributed by atoms with Gasteiger partial charge in [0.15, 0.2) is 0 Å². The van der Waals surface area contributed by atoms with Gasteiger partial charge in [0, 0.05) is 11.5 Å². The zero-order valence-electron chi connectivity index (χ0n) is 14.1. The van der Waals surface area contributed by atoms with E-state index in [9.17, 15) is 14.7 Å². The maximum absolute atomic E-state index is 11.4. The van der Waals surface area contributed by atoms with Crippen LogP contribution in [0.1, 0.15) is 36.0 Å². The van der Waals surface area contributed by atoms with Crippen molar-refractivity contribution in [2.24, 2.45) is 0 Å². The molecule has 5 nitrogen and oxygen atoms in total. The molecule has 2 aromatic carbocycles. The fourth-order valence-electron chi connectivity index (χ4n) is 2.53. The molecule has 0 saturated heterocycles. The summed E-state index contributed by atoms with van der Waals surface area (Å²) >= 11 is 0. The first-order valence-electron chi connectivity index (χ1n) is 8.30. The van der Waals surface area contributed by atoms with Crippen LogP contribution in [-0.2, 0) is 9.53 Å². The molecular formula is C20H22O5. The van der Waals surface area contributed by atoms with Crippen LogP contribution >= 0.6 is 0 Å². The van der Waals surface area contributed by atoms with Crippen molar-refractivity contribution in [1.29, 1.82) is 0 Å². The van der Waals surface area contributed by atoms with Crippen LogP contribution in [-0.4, -0.2) is 30.3 Å². The number of carbonyl (C=O) groups excluding carboxylic acids is 1. The van der Waals surface area contributed by atoms with Crippen molar-refractivity contribution >= 4 is 22.7 Å². The first kappa shape index (κ1) is 18.5. The normalized spacial score (nSPS) is 10.4. The predicted octanol–water partition coefficient (Wildman–Crippen LogP) is 4.21. The average Bonchev–Trinajstić information content (AvgIpc) is 2.63. The average molecular weight is 342 g/mol. The lowest BCUT2D eigenvalue weighted by Gasteiger charge is -2.12. The molecule has 1 N–H and O–H groups in total. The number of carboxylic acid groups (broad SMARTS) is 1. The molecule has 25 heavy (non-hydrogen) atoms. The minimum atomic E-state index is -0.996. The lowest BCUT2D eigenvalue weighted by Crippen LogP contribution is -2.05. The summed E-state index contributed by atoms with van der Waals surface area (Å²) < 4.78 is 10.7. The van der Waals surface area contributed by atoms with Crippen molar-refractivity contribution < 1.29 is 24.2 Å². The molecule has 0 saturated carbocycles. The molecule has 0 aliphatic carbocycles. The zero-order chi connectivity index (χ0) is 18.1. The summed E-state index contributed by atoms with van der Waals surface area (Å²) in [5.74, 6) is -0.976. The summed E-state index contributed by atoms with van der Waals surface area (Å²) in [7, 11) is 0. The highest BCUT2D eigenvalue weighted by Crippen LogP contribution is 2.30. The van der Waals surface area contributed by atoms with Gasteiger partial charge in [-0.05, 0) is 37.1 Å². The van der Waals surface area contributed by atoms with Crippen LogP contribution < -0.4 is 4.74 Å². The van der Waals surface area contributed by atoms with Gasteiger partial charge in [0.2, 0.25) is 0 Å². The number of hydrogen-bond acceptors (Lipinski definition) is 4. The van der Waals surface area contributed by atoms with Gasteiger partial charge in [-0.3, -0.25) is 0 Å². The Hall–Kier alpha value is -2.82. The summed E-state index contributed by atoms with van der Waals surface area (Å²) in [6.07, 6.45) is 4.57. The molecule has 0 heterocycles. The van der Waals surface area contributed by atoms with Gasteiger partial charge in [-0.1, -0.05) is 36.9 Å². The van der Waals surface area contributed by atoms with E-state index in [0.29, 0.717) is 19.0 Å². The van der Waals surface area contributed by atoms with Crippen molar-refractivity contribution in [3.63, 3.8) is 0 Å². The highest BCUT2D eigenvalue weighted by molar-refractivity contribution is 6.00. The largest absolute Gasteiger partial charge is 0.492 e. The van der Waals surface area contributed by atoms with E-state index in [-0.39, 0.29) is 5.56 Å². The number of unbranched alkanes of at least 4 members (excludes halogenated alkanes) is 3. The van der Waals surface area contributed by atoms with E-state index in [1.165, 1.54) is 0 Å². The van der Waals surface area contributed by atoms with Crippen LogP contribution in [0, 0.1) is 0 Å². The first-order chi connectivity index (χ1) is 12.1. The fourth-order valence-corrected chi connectivity index (χ4v) is 2.53. The third-order valence-corrected chi connectivity index (χ3v) is 3.81. The van der Waals surface area contributed by atoms with Crippen molar-refractivity contribution in [1.82, 2.24) is 0 Å². The summed E-state index contributed by atoms with van der Waals surface area (Å²) in [6, 6.07) is 10.9. The molecule has 2 rings (SSSR count). The molecule has 2 aromatic rings. The SMILES string of the molecule is C=CC(=O)OCCCCCCOc1c(C(=O)O)ccc2ccccc12. The molecule has 5 heteroatoms. The van der Waals surface area contributed by atoms with Crippen LogP contribution in [0.5, 0.6) is 5.75 Å². The van der Waals surface area contributed by atoms with Crippen molar-refractivity contribution in [2.75, 3.05) is 13.2 Å². The smallest absolute Gasteiger partial charge is 0.339 e. The summed E-state index contributed by atoms with van der Waals surface area (Å²) in [4.78, 5) is 22.3. The lowest BCUT2D eigenvalue weighted by molar-refractivity contribution is -0.137. The zero-order valence-corrected chi connectivity index (χ0v) is 14.1. The van der Waals surface area contributed by atoms with E-state index in [0.717, 1.165) is 42.5 Å². The second-order valence-corrected chi connectivity index (χ2v) is 5.60. The van der Waals surface area contributed by atoms with Gasteiger partial charge in [-0.25, -0.2) is 9.59 Å². The van der Waals surface area contributed by atoms with Crippen molar-refractivity contribution in [3.05, 3.63) is 54.6 Å². The number of fused-ring (bicyclic) bond motifs is 1. The van der Waals surface area contributed by atoms with Gasteiger partial charge in [-0.2, -0.15) is 0 Å². The maximum Gasteiger partial charge on any atom is 0.339 e. The van der Waals surface area contributed by atoms with Gasteiger partial charge < -0.3 is 14.6 Å². The number of rotatable bonds is 10. The number of aromatic carboxylic acids is 1. The van der Waals surface area contributed by atoms with Gasteiger partial charge in [0.1, 0.15) is 11.3 Å². The molecule has 0 fully saturated rings. The molecule has 0 unspecified atom stereocenters. The summed E-state index contributed by atoms with van der Waals surface area (Å²) in [5, 5.41) is 11.1. The second-order valence-electron chi connectivity index (χ2n) is 5.60. The quantitative estimate of drug-likeness (QED) is 0.398. The number of benzene rings is 2. The first-order valence-corrected chi connectivity index (χ1v) is 8.30. The van der Waals surface area contributed by atoms with Crippen molar-refractivity contribution in [3.8, 4) is 5.75 Å². The molecule has 0 amide bonds. The van der Waals surface area contributed by atoms with Crippen LogP contribution in [0.15, 0.2) is 49.1 Å². The standard InChI is InChI=1S/C20H22O5/c1-2-18(21)24-13-7-3-4-8-14-25-19-16-10-6-5-9-15(16)11-12-17(19)20(22)23/h2,5-6,9-12H,1,3-4,7-8,13-14H2,(H,22,23). The monoisotopic (exact) mass is 342 g/mol. The Bertz CT molecular complexity index is 751. The molecule has 0 aliphatic heterocycles. The number of esters is 1. The molecule has 0 bridgehead atoms. The number of hydrogen-bond donors (Lipinski definition) is 1. The Labute approximate surface area is 146 Å². The molecule has 0 radical (unpaired) electrons. The Morgan fingerprint density at radius 3 is 2.44 bits per heavy atom. The van der Waals surface area contributed by atoms with Crippen LogP contribution in [0.3, 0.4) is 0 Å². The molecular weight excluding hydrogens is 320 g/mol. The highest BCUT2D eigenvalue weighted by atomic mass is 16.5. The Morgan fingerprint density at radius 1 is 1.00 bits per heavy atom. The van der Waals surface area contributed by atoms with Crippen LogP contribution in [0.2, 0.25) is 0 Å². The maximum atomic E-state index is 11.4. The molecule has 0 aromatic heterocycles. The van der Waals surface area contributed by atoms with Gasteiger partial charge in [-0.15, -0.1) is 0 Å². The van der Waals surface area contributed by atoms with Crippen molar-refractivity contribution in [2.45, 2.75) is 25.7 Å². The van der Waals surface area contributed by atoms with E-state index in [1.54, 1.807) is 12.1 Å². The molecule has 0 aliphatic rings. The van der Waals surface area contributed by atoms with E-state index >= 15 is 0 Å². The van der Waals surface area contributed by atoms with E-state index in [4.69, 9.17) is 9.47 Å². The molecule has 0 atom stereocenters. The fraction of sp³-hybridized carbons (Fsp3) is 0.300.